The van der Waals surface area contributed by atoms with Crippen LogP contribution in [0.15, 0.2) is 24.3 Å². The molecule has 1 saturated carbocycles. The van der Waals surface area contributed by atoms with Gasteiger partial charge in [-0.25, -0.2) is 0 Å². The van der Waals surface area contributed by atoms with Crippen LogP contribution in [-0.2, 0) is 0 Å². The third-order valence-corrected chi connectivity index (χ3v) is 3.86. The zero-order valence-corrected chi connectivity index (χ0v) is 11.9. The summed E-state index contributed by atoms with van der Waals surface area (Å²) in [7, 11) is 0. The highest BCUT2D eigenvalue weighted by Crippen LogP contribution is 2.25. The van der Waals surface area contributed by atoms with Crippen molar-refractivity contribution in [3.8, 4) is 0 Å². The Morgan fingerprint density at radius 1 is 1.39 bits per heavy atom. The number of rotatable bonds is 7. The van der Waals surface area contributed by atoms with Gasteiger partial charge in [0.05, 0.1) is 0 Å². The quantitative estimate of drug-likeness (QED) is 0.795. The van der Waals surface area contributed by atoms with Crippen LogP contribution in [0.25, 0.3) is 0 Å². The van der Waals surface area contributed by atoms with Gasteiger partial charge in [-0.2, -0.15) is 0 Å². The minimum Gasteiger partial charge on any atom is -0.309 e. The Hall–Kier alpha value is -0.860. The second kappa shape index (κ2) is 6.35. The van der Waals surface area contributed by atoms with Crippen molar-refractivity contribution in [2.45, 2.75) is 45.7 Å². The lowest BCUT2D eigenvalue weighted by atomic mass is 10.1. The van der Waals surface area contributed by atoms with E-state index in [-0.39, 0.29) is 0 Å². The van der Waals surface area contributed by atoms with Crippen molar-refractivity contribution in [1.29, 1.82) is 0 Å². The van der Waals surface area contributed by atoms with Crippen LogP contribution in [0.5, 0.6) is 0 Å². The molecule has 0 radical (unpaired) electrons. The van der Waals surface area contributed by atoms with E-state index in [2.05, 4.69) is 55.3 Å². The molecule has 0 spiro atoms. The van der Waals surface area contributed by atoms with Crippen LogP contribution in [0.4, 0.5) is 0 Å². The maximum atomic E-state index is 3.63. The molecule has 1 aromatic rings. The molecule has 1 aliphatic carbocycles. The van der Waals surface area contributed by atoms with E-state index in [1.54, 1.807) is 0 Å². The highest BCUT2D eigenvalue weighted by Gasteiger charge is 2.27. The van der Waals surface area contributed by atoms with Crippen LogP contribution in [-0.4, -0.2) is 30.6 Å². The van der Waals surface area contributed by atoms with Gasteiger partial charge in [-0.1, -0.05) is 36.8 Å². The monoisotopic (exact) mass is 246 g/mol. The van der Waals surface area contributed by atoms with Gasteiger partial charge >= 0.3 is 0 Å². The molecule has 1 atom stereocenters. The first kappa shape index (κ1) is 13.6. The van der Waals surface area contributed by atoms with Crippen molar-refractivity contribution < 1.29 is 0 Å². The topological polar surface area (TPSA) is 15.3 Å². The summed E-state index contributed by atoms with van der Waals surface area (Å²) in [6, 6.07) is 10.1. The second-order valence-electron chi connectivity index (χ2n) is 5.45. The van der Waals surface area contributed by atoms with E-state index < -0.39 is 0 Å². The van der Waals surface area contributed by atoms with Gasteiger partial charge in [-0.15, -0.1) is 0 Å². The molecule has 2 nitrogen and oxygen atoms in total. The Morgan fingerprint density at radius 3 is 2.78 bits per heavy atom. The summed E-state index contributed by atoms with van der Waals surface area (Å²) in [5.74, 6) is 0. The van der Waals surface area contributed by atoms with Crippen LogP contribution in [0.3, 0.4) is 0 Å². The summed E-state index contributed by atoms with van der Waals surface area (Å²) in [6.07, 6.45) is 2.81. The molecule has 0 amide bonds. The third kappa shape index (κ3) is 3.82. The van der Waals surface area contributed by atoms with Gasteiger partial charge in [0, 0.05) is 25.2 Å². The molecule has 18 heavy (non-hydrogen) atoms. The molecule has 0 heterocycles. The summed E-state index contributed by atoms with van der Waals surface area (Å²) >= 11 is 0. The second-order valence-corrected chi connectivity index (χ2v) is 5.45. The van der Waals surface area contributed by atoms with E-state index >= 15 is 0 Å². The number of nitrogens with zero attached hydrogens (tertiary/aromatic N) is 1. The Labute approximate surface area is 111 Å². The van der Waals surface area contributed by atoms with Gasteiger partial charge in [-0.05, 0) is 38.8 Å². The molecule has 1 fully saturated rings. The van der Waals surface area contributed by atoms with Gasteiger partial charge in [-0.3, -0.25) is 4.90 Å². The van der Waals surface area contributed by atoms with Gasteiger partial charge in [0.15, 0.2) is 0 Å². The van der Waals surface area contributed by atoms with Crippen LogP contribution in [0.2, 0.25) is 0 Å². The van der Waals surface area contributed by atoms with Crippen LogP contribution in [0, 0.1) is 6.92 Å². The first-order valence-corrected chi connectivity index (χ1v) is 7.24. The van der Waals surface area contributed by atoms with Crippen molar-refractivity contribution in [3.05, 3.63) is 35.4 Å². The van der Waals surface area contributed by atoms with Crippen molar-refractivity contribution in [1.82, 2.24) is 10.2 Å². The summed E-state index contributed by atoms with van der Waals surface area (Å²) in [4.78, 5) is 2.59. The molecular formula is C16H26N2. The zero-order valence-electron chi connectivity index (χ0n) is 11.9. The SMILES string of the molecule is CCN(CCNC(C)c1cccc(C)c1)C1CC1. The molecule has 100 valence electrons. The molecule has 1 N–H and O–H groups in total. The van der Waals surface area contributed by atoms with Crippen LogP contribution in [0.1, 0.15) is 43.9 Å². The molecule has 1 aliphatic rings. The largest absolute Gasteiger partial charge is 0.309 e. The molecule has 0 aliphatic heterocycles. The number of nitrogens with one attached hydrogen (secondary N) is 1. The molecule has 0 bridgehead atoms. The molecule has 2 rings (SSSR count). The molecule has 1 unspecified atom stereocenters. The first-order valence-electron chi connectivity index (χ1n) is 7.24. The molecule has 2 heteroatoms. The number of benzene rings is 1. The lowest BCUT2D eigenvalue weighted by Crippen LogP contribution is -2.34. The van der Waals surface area contributed by atoms with Crippen molar-refractivity contribution in [2.75, 3.05) is 19.6 Å². The summed E-state index contributed by atoms with van der Waals surface area (Å²) in [5.41, 5.74) is 2.73. The smallest absolute Gasteiger partial charge is 0.0292 e. The van der Waals surface area contributed by atoms with Gasteiger partial charge in [0.25, 0.3) is 0 Å². The number of hydrogen-bond acceptors (Lipinski definition) is 2. The third-order valence-electron chi connectivity index (χ3n) is 3.86. The lowest BCUT2D eigenvalue weighted by molar-refractivity contribution is 0.273. The summed E-state index contributed by atoms with van der Waals surface area (Å²) in [6.45, 7) is 10.1. The standard InChI is InChI=1S/C16H26N2/c1-4-18(16-8-9-16)11-10-17-14(3)15-7-5-6-13(2)12-15/h5-7,12,14,16-17H,4,8-11H2,1-3H3. The predicted molar refractivity (Wildman–Crippen MR) is 77.9 cm³/mol. The Bertz CT molecular complexity index is 371. The Morgan fingerprint density at radius 2 is 2.17 bits per heavy atom. The summed E-state index contributed by atoms with van der Waals surface area (Å²) in [5, 5.41) is 3.63. The minimum absolute atomic E-state index is 0.447. The molecule has 0 saturated heterocycles. The number of hydrogen-bond donors (Lipinski definition) is 1. The molecule has 0 aromatic heterocycles. The van der Waals surface area contributed by atoms with Crippen molar-refractivity contribution in [3.63, 3.8) is 0 Å². The van der Waals surface area contributed by atoms with E-state index in [1.165, 1.54) is 37.1 Å². The molecular weight excluding hydrogens is 220 g/mol. The highest BCUT2D eigenvalue weighted by molar-refractivity contribution is 5.24. The van der Waals surface area contributed by atoms with E-state index in [4.69, 9.17) is 0 Å². The van der Waals surface area contributed by atoms with Crippen molar-refractivity contribution in [2.24, 2.45) is 0 Å². The van der Waals surface area contributed by atoms with Crippen LogP contribution < -0.4 is 5.32 Å². The maximum absolute atomic E-state index is 3.63. The average Bonchev–Trinajstić information content (AvgIpc) is 3.18. The van der Waals surface area contributed by atoms with E-state index in [1.807, 2.05) is 0 Å². The van der Waals surface area contributed by atoms with E-state index in [9.17, 15) is 0 Å². The Balaban J connectivity index is 1.75. The van der Waals surface area contributed by atoms with Gasteiger partial charge in [0.1, 0.15) is 0 Å². The predicted octanol–water partition coefficient (Wildman–Crippen LogP) is 3.13. The average molecular weight is 246 g/mol. The molecule has 1 aromatic carbocycles. The fourth-order valence-corrected chi connectivity index (χ4v) is 2.52. The van der Waals surface area contributed by atoms with E-state index in [0.717, 1.165) is 12.6 Å². The first-order chi connectivity index (χ1) is 8.70. The van der Waals surface area contributed by atoms with Crippen LogP contribution >= 0.6 is 0 Å². The lowest BCUT2D eigenvalue weighted by Gasteiger charge is -2.22. The summed E-state index contributed by atoms with van der Waals surface area (Å²) < 4.78 is 0. The fourth-order valence-electron chi connectivity index (χ4n) is 2.52. The van der Waals surface area contributed by atoms with Gasteiger partial charge in [0.2, 0.25) is 0 Å². The number of aryl methyl sites for hydroxylation is 1. The number of likely N-dealkylation sites (N-methyl/N-ethyl adjacent to an activating group) is 1. The van der Waals surface area contributed by atoms with Crippen molar-refractivity contribution >= 4 is 0 Å². The fraction of sp³-hybridized carbons (Fsp3) is 0.625. The van der Waals surface area contributed by atoms with Gasteiger partial charge < -0.3 is 5.32 Å². The maximum Gasteiger partial charge on any atom is 0.0292 e. The highest BCUT2D eigenvalue weighted by atomic mass is 15.2. The zero-order chi connectivity index (χ0) is 13.0. The minimum atomic E-state index is 0.447. The Kier molecular flexibility index (Phi) is 4.79. The van der Waals surface area contributed by atoms with E-state index in [0.29, 0.717) is 6.04 Å². The normalized spacial score (nSPS) is 17.1.